The molecule has 0 N–H and O–H groups in total. The molecule has 0 amide bonds. The third kappa shape index (κ3) is 2.46. The second-order valence-electron chi connectivity index (χ2n) is 4.20. The van der Waals surface area contributed by atoms with Gasteiger partial charge in [-0.3, -0.25) is 4.79 Å². The Kier molecular flexibility index (Phi) is 3.82. The molecule has 0 fully saturated rings. The van der Waals surface area contributed by atoms with Gasteiger partial charge in [0, 0.05) is 0 Å². The van der Waals surface area contributed by atoms with Crippen LogP contribution in [0, 0.1) is 13.8 Å². The Balaban J connectivity index is 2.51. The van der Waals surface area contributed by atoms with Crippen molar-refractivity contribution in [1.82, 2.24) is 0 Å². The summed E-state index contributed by atoms with van der Waals surface area (Å²) in [6.07, 6.45) is 0. The van der Waals surface area contributed by atoms with Crippen LogP contribution >= 0.6 is 11.3 Å². The second kappa shape index (κ2) is 5.36. The fraction of sp³-hybridized carbons (Fsp3) is 0.267. The molecular formula is C15H16O2S. The molecule has 0 saturated heterocycles. The Morgan fingerprint density at radius 3 is 2.72 bits per heavy atom. The van der Waals surface area contributed by atoms with E-state index in [1.54, 1.807) is 0 Å². The molecule has 3 heteroatoms. The van der Waals surface area contributed by atoms with Crippen LogP contribution in [0.5, 0.6) is 5.75 Å². The summed E-state index contributed by atoms with van der Waals surface area (Å²) in [7, 11) is 0. The lowest BCUT2D eigenvalue weighted by Crippen LogP contribution is -2.06. The van der Waals surface area contributed by atoms with Gasteiger partial charge >= 0.3 is 0 Å². The maximum Gasteiger partial charge on any atom is 0.206 e. The first-order chi connectivity index (χ1) is 8.63. The molecule has 0 bridgehead atoms. The van der Waals surface area contributed by atoms with Crippen molar-refractivity contribution >= 4 is 17.1 Å². The predicted molar refractivity (Wildman–Crippen MR) is 74.8 cm³/mol. The second-order valence-corrected chi connectivity index (χ2v) is 5.15. The smallest absolute Gasteiger partial charge is 0.206 e. The molecule has 2 nitrogen and oxygen atoms in total. The minimum absolute atomic E-state index is 0.0419. The highest BCUT2D eigenvalue weighted by molar-refractivity contribution is 7.12. The van der Waals surface area contributed by atoms with E-state index in [-0.39, 0.29) is 5.78 Å². The topological polar surface area (TPSA) is 26.3 Å². The zero-order valence-corrected chi connectivity index (χ0v) is 11.6. The highest BCUT2D eigenvalue weighted by Crippen LogP contribution is 2.28. The van der Waals surface area contributed by atoms with Gasteiger partial charge in [-0.2, -0.15) is 0 Å². The Hall–Kier alpha value is -1.61. The van der Waals surface area contributed by atoms with Gasteiger partial charge in [-0.25, -0.2) is 0 Å². The van der Waals surface area contributed by atoms with Crippen LogP contribution in [0.2, 0.25) is 0 Å². The van der Waals surface area contributed by atoms with Crippen molar-refractivity contribution in [3.8, 4) is 5.75 Å². The summed E-state index contributed by atoms with van der Waals surface area (Å²) in [6, 6.07) is 7.68. The van der Waals surface area contributed by atoms with E-state index in [0.29, 0.717) is 17.9 Å². The first kappa shape index (κ1) is 12.8. The van der Waals surface area contributed by atoms with Crippen molar-refractivity contribution in [2.45, 2.75) is 20.8 Å². The molecule has 1 aromatic heterocycles. The Labute approximate surface area is 111 Å². The number of ketones is 1. The maximum absolute atomic E-state index is 12.4. The molecule has 0 saturated carbocycles. The Morgan fingerprint density at radius 1 is 1.33 bits per heavy atom. The van der Waals surface area contributed by atoms with Gasteiger partial charge in [-0.1, -0.05) is 12.1 Å². The normalized spacial score (nSPS) is 10.4. The molecule has 18 heavy (non-hydrogen) atoms. The van der Waals surface area contributed by atoms with Gasteiger partial charge in [-0.15, -0.1) is 11.3 Å². The molecule has 1 aromatic carbocycles. The summed E-state index contributed by atoms with van der Waals surface area (Å²) < 4.78 is 5.63. The minimum atomic E-state index is 0.0419. The van der Waals surface area contributed by atoms with Crippen LogP contribution in [-0.4, -0.2) is 12.4 Å². The summed E-state index contributed by atoms with van der Waals surface area (Å²) in [4.78, 5) is 13.2. The van der Waals surface area contributed by atoms with Crippen LogP contribution in [0.4, 0.5) is 0 Å². The Bertz CT molecular complexity index is 556. The van der Waals surface area contributed by atoms with Crippen LogP contribution in [0.1, 0.15) is 33.3 Å². The summed E-state index contributed by atoms with van der Waals surface area (Å²) in [5, 5.41) is 1.91. The molecule has 0 radical (unpaired) electrons. The molecule has 2 aromatic rings. The van der Waals surface area contributed by atoms with Crippen LogP contribution < -0.4 is 4.74 Å². The molecule has 0 aliphatic heterocycles. The monoisotopic (exact) mass is 260 g/mol. The SMILES string of the molecule is CCOc1c(C)cc(C)cc1C(=O)c1cccs1. The van der Waals surface area contributed by atoms with Crippen molar-refractivity contribution < 1.29 is 9.53 Å². The van der Waals surface area contributed by atoms with E-state index >= 15 is 0 Å². The number of carbonyl (C=O) groups is 1. The molecule has 0 aliphatic rings. The van der Waals surface area contributed by atoms with Crippen molar-refractivity contribution in [3.63, 3.8) is 0 Å². The summed E-state index contributed by atoms with van der Waals surface area (Å²) in [6.45, 7) is 6.46. The van der Waals surface area contributed by atoms with Gasteiger partial charge in [0.2, 0.25) is 5.78 Å². The van der Waals surface area contributed by atoms with Gasteiger partial charge in [0.15, 0.2) is 0 Å². The first-order valence-electron chi connectivity index (χ1n) is 5.95. The number of thiophene rings is 1. The van der Waals surface area contributed by atoms with E-state index in [1.165, 1.54) is 11.3 Å². The zero-order chi connectivity index (χ0) is 13.1. The van der Waals surface area contributed by atoms with Crippen molar-refractivity contribution in [3.05, 3.63) is 51.2 Å². The predicted octanol–water partition coefficient (Wildman–Crippen LogP) is 3.99. The lowest BCUT2D eigenvalue weighted by Gasteiger charge is -2.13. The molecule has 0 atom stereocenters. The maximum atomic E-state index is 12.4. The van der Waals surface area contributed by atoms with Gasteiger partial charge in [0.05, 0.1) is 17.0 Å². The van der Waals surface area contributed by atoms with Gasteiger partial charge < -0.3 is 4.74 Å². The number of benzene rings is 1. The quantitative estimate of drug-likeness (QED) is 0.777. The molecule has 2 rings (SSSR count). The summed E-state index contributed by atoms with van der Waals surface area (Å²) >= 11 is 1.46. The fourth-order valence-electron chi connectivity index (χ4n) is 2.00. The van der Waals surface area contributed by atoms with E-state index in [0.717, 1.165) is 16.0 Å². The third-order valence-electron chi connectivity index (χ3n) is 2.70. The lowest BCUT2D eigenvalue weighted by atomic mass is 10.0. The van der Waals surface area contributed by atoms with Crippen LogP contribution in [0.3, 0.4) is 0 Å². The molecule has 0 spiro atoms. The van der Waals surface area contributed by atoms with Crippen molar-refractivity contribution in [2.24, 2.45) is 0 Å². The molecule has 0 aliphatic carbocycles. The van der Waals surface area contributed by atoms with Crippen LogP contribution in [0.15, 0.2) is 29.6 Å². The number of hydrogen-bond acceptors (Lipinski definition) is 3. The fourth-order valence-corrected chi connectivity index (χ4v) is 2.68. The first-order valence-corrected chi connectivity index (χ1v) is 6.83. The van der Waals surface area contributed by atoms with Gasteiger partial charge in [-0.05, 0) is 49.4 Å². The van der Waals surface area contributed by atoms with Crippen molar-refractivity contribution in [2.75, 3.05) is 6.61 Å². The number of carbonyl (C=O) groups excluding carboxylic acids is 1. The molecule has 94 valence electrons. The molecule has 0 unspecified atom stereocenters. The summed E-state index contributed by atoms with van der Waals surface area (Å²) in [5.74, 6) is 0.752. The van der Waals surface area contributed by atoms with Crippen LogP contribution in [-0.2, 0) is 0 Å². The average molecular weight is 260 g/mol. The van der Waals surface area contributed by atoms with E-state index in [1.807, 2.05) is 50.4 Å². The average Bonchev–Trinajstić information content (AvgIpc) is 2.85. The largest absolute Gasteiger partial charge is 0.493 e. The van der Waals surface area contributed by atoms with E-state index in [9.17, 15) is 4.79 Å². The van der Waals surface area contributed by atoms with Crippen molar-refractivity contribution in [1.29, 1.82) is 0 Å². The van der Waals surface area contributed by atoms with Gasteiger partial charge in [0.25, 0.3) is 0 Å². The Morgan fingerprint density at radius 2 is 2.11 bits per heavy atom. The number of hydrogen-bond donors (Lipinski definition) is 0. The van der Waals surface area contributed by atoms with Crippen LogP contribution in [0.25, 0.3) is 0 Å². The van der Waals surface area contributed by atoms with E-state index < -0.39 is 0 Å². The highest BCUT2D eigenvalue weighted by Gasteiger charge is 2.17. The molecule has 1 heterocycles. The van der Waals surface area contributed by atoms with Gasteiger partial charge in [0.1, 0.15) is 5.75 Å². The standard InChI is InChI=1S/C15H16O2S/c1-4-17-15-11(3)8-10(2)9-12(15)14(16)13-6-5-7-18-13/h5-9H,4H2,1-3H3. The number of ether oxygens (including phenoxy) is 1. The number of rotatable bonds is 4. The zero-order valence-electron chi connectivity index (χ0n) is 10.8. The minimum Gasteiger partial charge on any atom is -0.493 e. The lowest BCUT2D eigenvalue weighted by molar-refractivity contribution is 0.103. The van der Waals surface area contributed by atoms with E-state index in [2.05, 4.69) is 0 Å². The summed E-state index contributed by atoms with van der Waals surface area (Å²) in [5.41, 5.74) is 2.75. The van der Waals surface area contributed by atoms with E-state index in [4.69, 9.17) is 4.74 Å². The third-order valence-corrected chi connectivity index (χ3v) is 3.57. The highest BCUT2D eigenvalue weighted by atomic mass is 32.1. The molecular weight excluding hydrogens is 244 g/mol. The number of aryl methyl sites for hydroxylation is 2.